The predicted octanol–water partition coefficient (Wildman–Crippen LogP) is 3.28. The molecule has 0 heterocycles. The van der Waals surface area contributed by atoms with Crippen LogP contribution < -0.4 is 5.32 Å². The van der Waals surface area contributed by atoms with E-state index in [1.165, 1.54) is 32.1 Å². The molecule has 3 nitrogen and oxygen atoms in total. The van der Waals surface area contributed by atoms with E-state index in [9.17, 15) is 4.79 Å². The minimum Gasteiger partial charge on any atom is -0.465 e. The summed E-state index contributed by atoms with van der Waals surface area (Å²) in [6, 6.07) is -0.117. The Balaban J connectivity index is 2.42. The summed E-state index contributed by atoms with van der Waals surface area (Å²) >= 11 is 0. The Kier molecular flexibility index (Phi) is 6.69. The molecule has 1 unspecified atom stereocenters. The van der Waals surface area contributed by atoms with Gasteiger partial charge in [-0.1, -0.05) is 39.5 Å². The molecule has 1 rings (SSSR count). The number of hydrogen-bond donors (Lipinski definition) is 1. The minimum atomic E-state index is -0.117. The third-order valence-corrected chi connectivity index (χ3v) is 3.98. The average molecular weight is 255 g/mol. The molecule has 0 amide bonds. The van der Waals surface area contributed by atoms with Gasteiger partial charge in [-0.3, -0.25) is 4.79 Å². The van der Waals surface area contributed by atoms with Gasteiger partial charge in [0.2, 0.25) is 0 Å². The maximum Gasteiger partial charge on any atom is 0.323 e. The molecule has 1 fully saturated rings. The molecule has 18 heavy (non-hydrogen) atoms. The first-order chi connectivity index (χ1) is 8.61. The lowest BCUT2D eigenvalue weighted by atomic mass is 9.75. The summed E-state index contributed by atoms with van der Waals surface area (Å²) in [4.78, 5) is 11.8. The van der Waals surface area contributed by atoms with Gasteiger partial charge in [0, 0.05) is 6.54 Å². The van der Waals surface area contributed by atoms with E-state index in [2.05, 4.69) is 19.2 Å². The van der Waals surface area contributed by atoms with Crippen molar-refractivity contribution in [2.45, 2.75) is 71.8 Å². The monoisotopic (exact) mass is 255 g/mol. The normalized spacial score (nSPS) is 20.4. The number of esters is 1. The molecule has 106 valence electrons. The fourth-order valence-corrected chi connectivity index (χ4v) is 2.79. The number of carbonyl (C=O) groups excluding carboxylic acids is 1. The van der Waals surface area contributed by atoms with Crippen LogP contribution in [0.2, 0.25) is 0 Å². The van der Waals surface area contributed by atoms with E-state index in [0.717, 1.165) is 19.4 Å². The maximum absolute atomic E-state index is 11.8. The molecule has 0 aliphatic heterocycles. The highest BCUT2D eigenvalue weighted by molar-refractivity contribution is 5.75. The second-order valence-electron chi connectivity index (χ2n) is 5.85. The van der Waals surface area contributed by atoms with Crippen LogP contribution in [0, 0.1) is 5.41 Å². The van der Waals surface area contributed by atoms with Crippen LogP contribution in [-0.4, -0.2) is 25.2 Å². The van der Waals surface area contributed by atoms with E-state index in [4.69, 9.17) is 4.74 Å². The molecule has 1 atom stereocenters. The molecule has 0 aromatic rings. The molecule has 0 saturated heterocycles. The van der Waals surface area contributed by atoms with Gasteiger partial charge in [0.25, 0.3) is 0 Å². The Hall–Kier alpha value is -0.570. The Morgan fingerprint density at radius 2 is 1.94 bits per heavy atom. The van der Waals surface area contributed by atoms with Crippen molar-refractivity contribution in [3.8, 4) is 0 Å². The van der Waals surface area contributed by atoms with E-state index in [1.807, 2.05) is 6.92 Å². The summed E-state index contributed by atoms with van der Waals surface area (Å²) in [6.07, 6.45) is 8.46. The van der Waals surface area contributed by atoms with Gasteiger partial charge in [0.1, 0.15) is 6.04 Å². The van der Waals surface area contributed by atoms with Crippen molar-refractivity contribution in [1.82, 2.24) is 5.32 Å². The summed E-state index contributed by atoms with van der Waals surface area (Å²) in [6.45, 7) is 7.72. The second-order valence-corrected chi connectivity index (χ2v) is 5.85. The number of rotatable bonds is 7. The molecule has 0 aromatic heterocycles. The highest BCUT2D eigenvalue weighted by Gasteiger charge is 2.28. The maximum atomic E-state index is 11.8. The van der Waals surface area contributed by atoms with Gasteiger partial charge in [0.05, 0.1) is 6.61 Å². The Morgan fingerprint density at radius 3 is 2.50 bits per heavy atom. The second kappa shape index (κ2) is 7.78. The summed E-state index contributed by atoms with van der Waals surface area (Å²) in [5.41, 5.74) is 0.372. The Labute approximate surface area is 112 Å². The average Bonchev–Trinajstić information content (AvgIpc) is 2.35. The Morgan fingerprint density at radius 1 is 1.28 bits per heavy atom. The van der Waals surface area contributed by atoms with Crippen molar-refractivity contribution in [2.75, 3.05) is 13.2 Å². The molecule has 0 aromatic carbocycles. The zero-order chi connectivity index (χ0) is 13.4. The van der Waals surface area contributed by atoms with E-state index in [-0.39, 0.29) is 12.0 Å². The molecule has 0 spiro atoms. The van der Waals surface area contributed by atoms with Crippen molar-refractivity contribution < 1.29 is 9.53 Å². The standard InChI is InChI=1S/C15H29NO2/c1-4-9-13(14(17)18-5-2)16-12-15(3)10-7-6-8-11-15/h13,16H,4-12H2,1-3H3. The first-order valence-electron chi connectivity index (χ1n) is 7.51. The zero-order valence-electron chi connectivity index (χ0n) is 12.3. The number of nitrogens with one attached hydrogen (secondary N) is 1. The third-order valence-electron chi connectivity index (χ3n) is 3.98. The van der Waals surface area contributed by atoms with Gasteiger partial charge >= 0.3 is 5.97 Å². The van der Waals surface area contributed by atoms with Gasteiger partial charge in [-0.2, -0.15) is 0 Å². The minimum absolute atomic E-state index is 0.0845. The number of hydrogen-bond acceptors (Lipinski definition) is 3. The lowest BCUT2D eigenvalue weighted by molar-refractivity contribution is -0.146. The van der Waals surface area contributed by atoms with Crippen LogP contribution in [0.4, 0.5) is 0 Å². The van der Waals surface area contributed by atoms with Gasteiger partial charge < -0.3 is 10.1 Å². The van der Waals surface area contributed by atoms with E-state index in [0.29, 0.717) is 12.0 Å². The van der Waals surface area contributed by atoms with E-state index < -0.39 is 0 Å². The molecule has 1 saturated carbocycles. The fourth-order valence-electron chi connectivity index (χ4n) is 2.79. The molecule has 0 bridgehead atoms. The summed E-state index contributed by atoms with van der Waals surface area (Å²) < 4.78 is 5.13. The van der Waals surface area contributed by atoms with Crippen molar-refractivity contribution in [1.29, 1.82) is 0 Å². The highest BCUT2D eigenvalue weighted by Crippen LogP contribution is 2.35. The van der Waals surface area contributed by atoms with Crippen molar-refractivity contribution in [3.05, 3.63) is 0 Å². The number of carbonyl (C=O) groups is 1. The molecule has 1 N–H and O–H groups in total. The van der Waals surface area contributed by atoms with Crippen LogP contribution in [0.15, 0.2) is 0 Å². The first-order valence-corrected chi connectivity index (χ1v) is 7.51. The van der Waals surface area contributed by atoms with Crippen LogP contribution in [0.1, 0.15) is 65.7 Å². The quantitative estimate of drug-likeness (QED) is 0.709. The third kappa shape index (κ3) is 4.97. The molecule has 0 radical (unpaired) electrons. The van der Waals surface area contributed by atoms with Crippen LogP contribution >= 0.6 is 0 Å². The van der Waals surface area contributed by atoms with Crippen molar-refractivity contribution in [3.63, 3.8) is 0 Å². The number of ether oxygens (including phenoxy) is 1. The fraction of sp³-hybridized carbons (Fsp3) is 0.933. The lowest BCUT2D eigenvalue weighted by Crippen LogP contribution is -2.44. The predicted molar refractivity (Wildman–Crippen MR) is 74.5 cm³/mol. The van der Waals surface area contributed by atoms with Crippen LogP contribution in [-0.2, 0) is 9.53 Å². The molecular formula is C15H29NO2. The van der Waals surface area contributed by atoms with Gasteiger partial charge in [-0.25, -0.2) is 0 Å². The summed E-state index contributed by atoms with van der Waals surface area (Å²) in [5, 5.41) is 3.44. The topological polar surface area (TPSA) is 38.3 Å². The van der Waals surface area contributed by atoms with Gasteiger partial charge in [0.15, 0.2) is 0 Å². The van der Waals surface area contributed by atoms with Crippen molar-refractivity contribution in [2.24, 2.45) is 5.41 Å². The summed E-state index contributed by atoms with van der Waals surface area (Å²) in [7, 11) is 0. The molecule has 1 aliphatic carbocycles. The Bertz CT molecular complexity index is 247. The molecular weight excluding hydrogens is 226 g/mol. The molecule has 1 aliphatic rings. The van der Waals surface area contributed by atoms with Crippen LogP contribution in [0.3, 0.4) is 0 Å². The zero-order valence-corrected chi connectivity index (χ0v) is 12.3. The van der Waals surface area contributed by atoms with Crippen LogP contribution in [0.5, 0.6) is 0 Å². The van der Waals surface area contributed by atoms with E-state index >= 15 is 0 Å². The summed E-state index contributed by atoms with van der Waals surface area (Å²) in [5.74, 6) is -0.0845. The van der Waals surface area contributed by atoms with Crippen molar-refractivity contribution >= 4 is 5.97 Å². The highest BCUT2D eigenvalue weighted by atomic mass is 16.5. The molecule has 3 heteroatoms. The largest absolute Gasteiger partial charge is 0.465 e. The first kappa shape index (κ1) is 15.5. The SMILES string of the molecule is CCCC(NCC1(C)CCCCC1)C(=O)OCC. The lowest BCUT2D eigenvalue weighted by Gasteiger charge is -2.35. The van der Waals surface area contributed by atoms with Crippen LogP contribution in [0.25, 0.3) is 0 Å². The van der Waals surface area contributed by atoms with E-state index in [1.54, 1.807) is 0 Å². The van der Waals surface area contributed by atoms with Gasteiger partial charge in [-0.05, 0) is 31.6 Å². The smallest absolute Gasteiger partial charge is 0.323 e. The van der Waals surface area contributed by atoms with Gasteiger partial charge in [-0.15, -0.1) is 0 Å².